The van der Waals surface area contributed by atoms with E-state index in [9.17, 15) is 0 Å². The van der Waals surface area contributed by atoms with Crippen molar-refractivity contribution in [2.24, 2.45) is 11.8 Å². The van der Waals surface area contributed by atoms with E-state index in [1.54, 1.807) is 54.0 Å². The molecule has 4 rings (SSSR count). The Kier molecular flexibility index (Phi) is 25.3. The van der Waals surface area contributed by atoms with E-state index in [-0.39, 0.29) is 68.2 Å². The summed E-state index contributed by atoms with van der Waals surface area (Å²) in [7, 11) is 3.13. The third-order valence-electron chi connectivity index (χ3n) is 11.9. The zero-order chi connectivity index (χ0) is 36.8. The van der Waals surface area contributed by atoms with Crippen LogP contribution in [0.1, 0.15) is 107 Å². The first-order valence-electron chi connectivity index (χ1n) is 18.2. The molecule has 0 amide bonds. The fourth-order valence-electron chi connectivity index (χ4n) is 7.81. The second kappa shape index (κ2) is 24.2. The number of hydrogen-bond donors (Lipinski definition) is 0. The van der Waals surface area contributed by atoms with Crippen LogP contribution in [-0.4, -0.2) is 47.2 Å². The molecule has 1 saturated heterocycles. The van der Waals surface area contributed by atoms with Gasteiger partial charge in [0, 0.05) is 6.16 Å². The smallest absolute Gasteiger partial charge is 1.00 e. The Balaban J connectivity index is 0. The van der Waals surface area contributed by atoms with Gasteiger partial charge in [0.25, 0.3) is 0 Å². The minimum absolute atomic E-state index is 0. The second-order valence-corrected chi connectivity index (χ2v) is 30.3. The molecule has 3 atom stereocenters. The van der Waals surface area contributed by atoms with Gasteiger partial charge < -0.3 is 1.43 Å². The van der Waals surface area contributed by atoms with Crippen LogP contribution in [0.5, 0.6) is 0 Å². The number of rotatable bonds is 10. The third kappa shape index (κ3) is 13.2. The van der Waals surface area contributed by atoms with Gasteiger partial charge in [-0.3, -0.25) is 0 Å². The summed E-state index contributed by atoms with van der Waals surface area (Å²) in [4.78, 5) is 0. The summed E-state index contributed by atoms with van der Waals surface area (Å²) in [6, 6.07) is 0. The van der Waals surface area contributed by atoms with Crippen LogP contribution in [0.4, 0.5) is 0 Å². The van der Waals surface area contributed by atoms with Gasteiger partial charge in [-0.15, -0.1) is 31.8 Å². The van der Waals surface area contributed by atoms with E-state index in [0.29, 0.717) is 0 Å². The van der Waals surface area contributed by atoms with Gasteiger partial charge >= 0.3 is 18.9 Å². The van der Waals surface area contributed by atoms with E-state index < -0.39 is 6.63 Å². The molecule has 0 bridgehead atoms. The predicted molar refractivity (Wildman–Crippen MR) is 252 cm³/mol. The van der Waals surface area contributed by atoms with E-state index in [4.69, 9.17) is 22.5 Å². The van der Waals surface area contributed by atoms with Crippen molar-refractivity contribution in [1.29, 1.82) is 0 Å². The van der Waals surface area contributed by atoms with E-state index in [1.165, 1.54) is 54.8 Å². The molecule has 1 fully saturated rings. The first kappa shape index (κ1) is 52.3. The molecular formula is C40H74AlCl2LiP6. The summed E-state index contributed by atoms with van der Waals surface area (Å²) in [5, 5.41) is 9.90. The fourth-order valence-corrected chi connectivity index (χ4v) is 23.9. The topological polar surface area (TPSA) is 0 Å². The zero-order valence-electron chi connectivity index (χ0n) is 35.5. The summed E-state index contributed by atoms with van der Waals surface area (Å²) in [5.74, 6) is 1.78. The molecule has 0 nitrogen and oxygen atoms in total. The van der Waals surface area contributed by atoms with E-state index >= 15 is 0 Å². The zero-order valence-corrected chi connectivity index (χ0v) is 41.7. The molecule has 4 heterocycles. The van der Waals surface area contributed by atoms with E-state index in [2.05, 4.69) is 120 Å². The van der Waals surface area contributed by atoms with Crippen LogP contribution in [0.15, 0.2) is 0 Å². The Morgan fingerprint density at radius 1 is 0.560 bits per heavy atom. The van der Waals surface area contributed by atoms with Crippen molar-refractivity contribution in [2.45, 2.75) is 153 Å². The molecule has 10 heteroatoms. The van der Waals surface area contributed by atoms with Crippen molar-refractivity contribution in [3.8, 4) is 0 Å². The third-order valence-corrected chi connectivity index (χ3v) is 28.1. The molecule has 1 unspecified atom stereocenters. The van der Waals surface area contributed by atoms with Gasteiger partial charge in [0.1, 0.15) is 0 Å². The minimum Gasteiger partial charge on any atom is -1.00 e. The van der Waals surface area contributed by atoms with E-state index in [1.807, 2.05) is 0 Å². The normalized spacial score (nSPS) is 16.0. The van der Waals surface area contributed by atoms with Gasteiger partial charge in [-0.05, 0) is 215 Å². The Morgan fingerprint density at radius 3 is 1.10 bits per heavy atom. The standard InChI is InChI=1S/C20H36P2.C10H16Cl2P2.C10H18P2.Al.Li.4H/c1-13(2)19-9-10-20(14(3)4)22(19)12-11-21-17(7)15(5)16(6)18(21)8;1-7-8(2)10(4)13(9(7)3)5-6-14(11)12;1-7-8(2)10(4)12(6-5-11)9(7)3;;;;;;/h13-14,19-20H,9-12H2,1-8H3;5-6H2,1-4H3;5-6,11H2,1-4H3;;;;;;/q;;;;+1;;;;-1/t19-,20-;;;;;;;;/m1......../s1. The maximum atomic E-state index is 5.83. The SMILES string of the molecule is Cc1c(C)c(C)p(CCP(Cl)Cl)c1C.Cc1c(C)c(C)p(CCP)c1C.Cc1c(C)c(C)p(CCP2[C@@H](C(C)C)CC[C@@H]2C(C)C)c1C.[AlH3].[H-].[Li+]. The minimum atomic E-state index is -0.768. The van der Waals surface area contributed by atoms with Gasteiger partial charge in [-0.1, -0.05) is 58.1 Å². The number of halogens is 2. The van der Waals surface area contributed by atoms with Crippen molar-refractivity contribution in [3.63, 3.8) is 0 Å². The van der Waals surface area contributed by atoms with Crippen LogP contribution in [0.3, 0.4) is 0 Å². The predicted octanol–water partition coefficient (Wildman–Crippen LogP) is 12.6. The second-order valence-electron chi connectivity index (χ2n) is 15.0. The van der Waals surface area contributed by atoms with Crippen molar-refractivity contribution in [1.82, 2.24) is 0 Å². The molecule has 282 valence electrons. The molecule has 1 aliphatic rings. The molecule has 3 aromatic rings. The van der Waals surface area contributed by atoms with Crippen molar-refractivity contribution in [3.05, 3.63) is 65.2 Å². The maximum absolute atomic E-state index is 5.83. The van der Waals surface area contributed by atoms with Crippen LogP contribution < -0.4 is 18.9 Å². The van der Waals surface area contributed by atoms with Crippen LogP contribution in [0.2, 0.25) is 0 Å². The first-order valence-corrected chi connectivity index (χ1v) is 28.6. The van der Waals surface area contributed by atoms with Crippen LogP contribution >= 0.6 is 68.9 Å². The maximum Gasteiger partial charge on any atom is 1.00 e. The Hall–Kier alpha value is 2.34. The fraction of sp³-hybridized carbons (Fsp3) is 0.700. The average Bonchev–Trinajstić information content (AvgIpc) is 3.66. The van der Waals surface area contributed by atoms with Gasteiger partial charge in [0.05, 0.1) is 6.63 Å². The molecule has 0 saturated carbocycles. The van der Waals surface area contributed by atoms with Crippen molar-refractivity contribution >= 4 is 86.2 Å². The van der Waals surface area contributed by atoms with Gasteiger partial charge in [0.2, 0.25) is 0 Å². The van der Waals surface area contributed by atoms with E-state index in [0.717, 1.165) is 29.3 Å². The molecule has 1 aliphatic heterocycles. The molecular weight excluding hydrogens is 771 g/mol. The molecule has 50 heavy (non-hydrogen) atoms. The molecule has 0 spiro atoms. The molecule has 0 N–H and O–H groups in total. The summed E-state index contributed by atoms with van der Waals surface area (Å²) in [6.07, 6.45) is 10.7. The van der Waals surface area contributed by atoms with Gasteiger partial charge in [-0.2, -0.15) is 0 Å². The average molecular weight is 846 g/mol. The number of hydrogen-bond acceptors (Lipinski definition) is 0. The summed E-state index contributed by atoms with van der Waals surface area (Å²) in [6.45, 7) is 36.7. The molecule has 3 aromatic heterocycles. The Bertz CT molecular complexity index is 1400. The summed E-state index contributed by atoms with van der Waals surface area (Å²) < 4.78 is 0. The summed E-state index contributed by atoms with van der Waals surface area (Å²) >= 11 is 11.7. The molecule has 0 radical (unpaired) electrons. The van der Waals surface area contributed by atoms with Crippen LogP contribution in [0.25, 0.3) is 0 Å². The van der Waals surface area contributed by atoms with Gasteiger partial charge in [-0.25, -0.2) is 0 Å². The Morgan fingerprint density at radius 2 is 0.840 bits per heavy atom. The van der Waals surface area contributed by atoms with Crippen molar-refractivity contribution in [2.75, 3.05) is 18.5 Å². The van der Waals surface area contributed by atoms with Crippen molar-refractivity contribution < 1.29 is 20.3 Å². The van der Waals surface area contributed by atoms with Gasteiger partial charge in [0.15, 0.2) is 17.4 Å². The largest absolute Gasteiger partial charge is 1.00 e. The van der Waals surface area contributed by atoms with Crippen LogP contribution in [-0.2, 0) is 18.5 Å². The quantitative estimate of drug-likeness (QED) is 0.141. The molecule has 0 aromatic carbocycles. The summed E-state index contributed by atoms with van der Waals surface area (Å²) in [5.41, 5.74) is 11.4. The molecule has 0 aliphatic carbocycles. The first-order chi connectivity index (χ1) is 22.3. The van der Waals surface area contributed by atoms with Crippen LogP contribution in [0, 0.1) is 94.9 Å². The monoisotopic (exact) mass is 844 g/mol. The Labute approximate surface area is 352 Å².